The number of hydrogen-bond acceptors (Lipinski definition) is 10. The number of primary amides is 1. The van der Waals surface area contributed by atoms with Crippen LogP contribution in [0.25, 0.3) is 0 Å². The molecule has 1 aromatic carbocycles. The maximum atomic E-state index is 13.1. The summed E-state index contributed by atoms with van der Waals surface area (Å²) < 4.78 is 24.1. The molecule has 230 valence electrons. The van der Waals surface area contributed by atoms with Crippen molar-refractivity contribution < 1.29 is 47.2 Å². The van der Waals surface area contributed by atoms with Crippen LogP contribution in [-0.4, -0.2) is 71.3 Å². The number of nitrogens with two attached hydrogens (primary N) is 1. The molecule has 1 unspecified atom stereocenters. The van der Waals surface area contributed by atoms with Crippen molar-refractivity contribution in [3.05, 3.63) is 58.0 Å². The van der Waals surface area contributed by atoms with E-state index in [0.717, 1.165) is 0 Å². The number of benzene rings is 1. The first kappa shape index (κ1) is 35.4. The molecule has 16 nitrogen and oxygen atoms in total. The zero-order valence-electron chi connectivity index (χ0n) is 22.8. The van der Waals surface area contributed by atoms with Crippen LogP contribution in [-0.2, 0) is 38.6 Å². The molecule has 6 N–H and O–H groups in total. The van der Waals surface area contributed by atoms with Crippen molar-refractivity contribution >= 4 is 44.6 Å². The van der Waals surface area contributed by atoms with E-state index in [1.165, 1.54) is 24.3 Å². The molecule has 0 aliphatic rings. The van der Waals surface area contributed by atoms with Crippen molar-refractivity contribution in [3.63, 3.8) is 0 Å². The van der Waals surface area contributed by atoms with Crippen molar-refractivity contribution in [1.82, 2.24) is 16.0 Å². The fourth-order valence-corrected chi connectivity index (χ4v) is 4.43. The van der Waals surface area contributed by atoms with Crippen LogP contribution in [0.2, 0.25) is 0 Å². The molecule has 1 aromatic rings. The van der Waals surface area contributed by atoms with Crippen molar-refractivity contribution in [2.75, 3.05) is 0 Å². The van der Waals surface area contributed by atoms with E-state index in [4.69, 9.17) is 10.8 Å². The molecular weight excluding hydrogens is 578 g/mol. The average Bonchev–Trinajstić information content (AvgIpc) is 2.89. The van der Waals surface area contributed by atoms with Gasteiger partial charge in [0.25, 0.3) is 11.0 Å². The average molecular weight is 612 g/mol. The highest BCUT2D eigenvalue weighted by Gasteiger charge is 2.37. The SMILES string of the molecule is C=CS(=O)(=O)C(=O)[C@H](CC(C)C)NC(=O)[C@H](CC(N)=O)NC(=O)[C@H](CCC(=O)O)NC(=O)C(c1ccccc1)[N+](=O)[O-]. The molecule has 4 amide bonds. The number of carboxylic acid groups (broad SMARTS) is 1. The topological polar surface area (TPSA) is 262 Å². The van der Waals surface area contributed by atoms with Gasteiger partial charge in [0.2, 0.25) is 27.6 Å². The minimum atomic E-state index is -4.47. The second-order valence-corrected chi connectivity index (χ2v) is 11.4. The van der Waals surface area contributed by atoms with Gasteiger partial charge in [-0.2, -0.15) is 0 Å². The van der Waals surface area contributed by atoms with Crippen LogP contribution < -0.4 is 21.7 Å². The van der Waals surface area contributed by atoms with Crippen molar-refractivity contribution in [2.45, 2.75) is 63.7 Å². The van der Waals surface area contributed by atoms with Gasteiger partial charge in [0, 0.05) is 22.3 Å². The van der Waals surface area contributed by atoms with E-state index in [9.17, 15) is 47.3 Å². The van der Waals surface area contributed by atoms with Gasteiger partial charge in [-0.15, -0.1) is 0 Å². The Morgan fingerprint density at radius 1 is 0.976 bits per heavy atom. The van der Waals surface area contributed by atoms with Crippen LogP contribution in [0, 0.1) is 16.0 Å². The molecule has 0 bridgehead atoms. The summed E-state index contributed by atoms with van der Waals surface area (Å²) in [7, 11) is -4.47. The molecule has 17 heteroatoms. The molecule has 0 aliphatic carbocycles. The van der Waals surface area contributed by atoms with Crippen LogP contribution in [0.3, 0.4) is 0 Å². The number of aliphatic carboxylic acids is 1. The number of nitro groups is 1. The predicted octanol–water partition coefficient (Wildman–Crippen LogP) is -0.670. The van der Waals surface area contributed by atoms with Gasteiger partial charge in [-0.25, -0.2) is 8.42 Å². The summed E-state index contributed by atoms with van der Waals surface area (Å²) in [6, 6.07) is -0.0468. The Kier molecular flexibility index (Phi) is 13.4. The Balaban J connectivity index is 3.29. The summed E-state index contributed by atoms with van der Waals surface area (Å²) in [4.78, 5) is 85.1. The number of nitrogens with zero attached hydrogens (tertiary/aromatic N) is 1. The number of carbonyl (C=O) groups excluding carboxylic acids is 5. The summed E-state index contributed by atoms with van der Waals surface area (Å²) in [6.45, 7) is 6.34. The van der Waals surface area contributed by atoms with E-state index < -0.39 is 92.9 Å². The molecule has 0 spiro atoms. The summed E-state index contributed by atoms with van der Waals surface area (Å²) in [6.07, 6.45) is -2.23. The van der Waals surface area contributed by atoms with Crippen LogP contribution in [0.15, 0.2) is 42.3 Å². The van der Waals surface area contributed by atoms with Crippen LogP contribution in [0.5, 0.6) is 0 Å². The fourth-order valence-electron chi connectivity index (χ4n) is 3.71. The second-order valence-electron chi connectivity index (χ2n) is 9.55. The smallest absolute Gasteiger partial charge is 0.314 e. The molecule has 4 atom stereocenters. The lowest BCUT2D eigenvalue weighted by molar-refractivity contribution is -0.513. The van der Waals surface area contributed by atoms with Gasteiger partial charge in [0.1, 0.15) is 18.1 Å². The first-order valence-electron chi connectivity index (χ1n) is 12.5. The Hall–Kier alpha value is -4.67. The molecule has 1 rings (SSSR count). The molecule has 0 saturated carbocycles. The Morgan fingerprint density at radius 3 is 1.98 bits per heavy atom. The quantitative estimate of drug-likeness (QED) is 0.109. The standard InChI is InChI=1S/C25H33N5O11S/c1-4-42(40,41)25(37)18(12-14(2)3)29-23(35)17(13-19(26)31)28-22(34)16(10-11-20(32)33)27-24(36)21(30(38)39)15-8-6-5-7-9-15/h4-9,14,16-18,21H,1,10-13H2,2-3H3,(H2,26,31)(H,27,36)(H,28,34)(H,29,35)(H,32,33)/t16-,17-,18-,21?/m0/s1. The maximum Gasteiger partial charge on any atom is 0.314 e. The normalized spacial score (nSPS) is 14.0. The maximum absolute atomic E-state index is 13.1. The lowest BCUT2D eigenvalue weighted by atomic mass is 10.0. The first-order valence-corrected chi connectivity index (χ1v) is 14.1. The highest BCUT2D eigenvalue weighted by Crippen LogP contribution is 2.17. The zero-order chi connectivity index (χ0) is 32.2. The monoisotopic (exact) mass is 611 g/mol. The molecular formula is C25H33N5O11S. The summed E-state index contributed by atoms with van der Waals surface area (Å²) in [5, 5.41) is 26.2. The van der Waals surface area contributed by atoms with Gasteiger partial charge in [-0.1, -0.05) is 50.8 Å². The van der Waals surface area contributed by atoms with E-state index >= 15 is 0 Å². The molecule has 42 heavy (non-hydrogen) atoms. The van der Waals surface area contributed by atoms with E-state index in [1.807, 2.05) is 0 Å². The van der Waals surface area contributed by atoms with Gasteiger partial charge in [0.05, 0.1) is 6.42 Å². The van der Waals surface area contributed by atoms with E-state index in [-0.39, 0.29) is 17.9 Å². The van der Waals surface area contributed by atoms with Crippen LogP contribution in [0.4, 0.5) is 0 Å². The molecule has 0 radical (unpaired) electrons. The Bertz CT molecular complexity index is 1320. The number of carboxylic acids is 1. The van der Waals surface area contributed by atoms with Crippen molar-refractivity contribution in [1.29, 1.82) is 0 Å². The van der Waals surface area contributed by atoms with Gasteiger partial charge in [-0.05, 0) is 18.8 Å². The predicted molar refractivity (Wildman–Crippen MR) is 146 cm³/mol. The van der Waals surface area contributed by atoms with E-state index in [2.05, 4.69) is 22.5 Å². The number of sulfone groups is 1. The Morgan fingerprint density at radius 2 is 1.50 bits per heavy atom. The lowest BCUT2D eigenvalue weighted by Crippen LogP contribution is -2.57. The highest BCUT2D eigenvalue weighted by molar-refractivity contribution is 8.08. The lowest BCUT2D eigenvalue weighted by Gasteiger charge is -2.25. The van der Waals surface area contributed by atoms with Crippen LogP contribution in [0.1, 0.15) is 51.1 Å². The number of carbonyl (C=O) groups is 6. The molecule has 0 saturated heterocycles. The first-order chi connectivity index (χ1) is 19.5. The Labute approximate surface area is 241 Å². The summed E-state index contributed by atoms with van der Waals surface area (Å²) >= 11 is 0. The van der Waals surface area contributed by atoms with Gasteiger partial charge in [-0.3, -0.25) is 38.9 Å². The minimum absolute atomic E-state index is 0.0290. The summed E-state index contributed by atoms with van der Waals surface area (Å²) in [5.74, 6) is -6.41. The number of amides is 4. The van der Waals surface area contributed by atoms with Crippen LogP contribution >= 0.6 is 0 Å². The third-order valence-electron chi connectivity index (χ3n) is 5.70. The van der Waals surface area contributed by atoms with Gasteiger partial charge in [0.15, 0.2) is 0 Å². The van der Waals surface area contributed by atoms with Crippen molar-refractivity contribution in [3.8, 4) is 0 Å². The van der Waals surface area contributed by atoms with Gasteiger partial charge >= 0.3 is 12.0 Å². The number of nitrogens with one attached hydrogen (secondary N) is 3. The third kappa shape index (κ3) is 11.1. The number of hydrogen-bond donors (Lipinski definition) is 5. The molecule has 0 aliphatic heterocycles. The van der Waals surface area contributed by atoms with Gasteiger partial charge < -0.3 is 26.8 Å². The second kappa shape index (κ2) is 15.9. The molecule has 0 fully saturated rings. The largest absolute Gasteiger partial charge is 0.481 e. The molecule has 0 heterocycles. The minimum Gasteiger partial charge on any atom is -0.481 e. The number of rotatable bonds is 17. The highest BCUT2D eigenvalue weighted by atomic mass is 32.2. The van der Waals surface area contributed by atoms with E-state index in [1.54, 1.807) is 19.9 Å². The molecule has 0 aromatic heterocycles. The third-order valence-corrected chi connectivity index (χ3v) is 6.98. The van der Waals surface area contributed by atoms with Crippen molar-refractivity contribution in [2.24, 2.45) is 11.7 Å². The zero-order valence-corrected chi connectivity index (χ0v) is 23.7. The fraction of sp³-hybridized carbons (Fsp3) is 0.440. The summed E-state index contributed by atoms with van der Waals surface area (Å²) in [5.41, 5.74) is 5.16. The van der Waals surface area contributed by atoms with E-state index in [0.29, 0.717) is 5.41 Å².